The molecule has 0 spiro atoms. The van der Waals surface area contributed by atoms with E-state index in [-0.39, 0.29) is 12.8 Å². The fourth-order valence-electron chi connectivity index (χ4n) is 0.824. The van der Waals surface area contributed by atoms with E-state index in [2.05, 4.69) is 4.84 Å². The fraction of sp³-hybridized carbons (Fsp3) is 0.571. The summed E-state index contributed by atoms with van der Waals surface area (Å²) in [5, 5.41) is 9.13. The van der Waals surface area contributed by atoms with Crippen molar-refractivity contribution in [1.29, 1.82) is 0 Å². The number of aliphatic hydroxyl groups excluding tert-OH is 1. The minimum atomic E-state index is -1.35. The SMILES string of the molecule is C[C@@H](O)C(=O)ON1C(=O)CCC1=O. The molecule has 0 bridgehead atoms. The van der Waals surface area contributed by atoms with E-state index in [0.717, 1.165) is 0 Å². The van der Waals surface area contributed by atoms with Crippen LogP contribution in [-0.2, 0) is 19.2 Å². The standard InChI is InChI=1S/C7H9NO5/c1-4(9)7(12)13-8-5(10)2-3-6(8)11/h4,9H,2-3H2,1H3/t4-/m1/s1. The number of amides is 2. The van der Waals surface area contributed by atoms with Gasteiger partial charge in [0.1, 0.15) is 0 Å². The van der Waals surface area contributed by atoms with Gasteiger partial charge in [0, 0.05) is 12.8 Å². The van der Waals surface area contributed by atoms with E-state index in [4.69, 9.17) is 5.11 Å². The summed E-state index contributed by atoms with van der Waals surface area (Å²) in [6.45, 7) is 1.19. The maximum Gasteiger partial charge on any atom is 0.361 e. The Labute approximate surface area is 74.0 Å². The second-order valence-corrected chi connectivity index (χ2v) is 2.67. The Hall–Kier alpha value is -1.43. The van der Waals surface area contributed by atoms with Crippen molar-refractivity contribution in [2.75, 3.05) is 0 Å². The topological polar surface area (TPSA) is 83.9 Å². The van der Waals surface area contributed by atoms with Gasteiger partial charge >= 0.3 is 5.97 Å². The Morgan fingerprint density at radius 1 is 1.46 bits per heavy atom. The maximum atomic E-state index is 10.9. The summed E-state index contributed by atoms with van der Waals surface area (Å²) in [5.41, 5.74) is 0. The highest BCUT2D eigenvalue weighted by molar-refractivity contribution is 6.01. The first-order valence-electron chi connectivity index (χ1n) is 3.78. The second-order valence-electron chi connectivity index (χ2n) is 2.67. The zero-order chi connectivity index (χ0) is 10.0. The van der Waals surface area contributed by atoms with Gasteiger partial charge in [-0.1, -0.05) is 0 Å². The van der Waals surface area contributed by atoms with Gasteiger partial charge < -0.3 is 9.94 Å². The van der Waals surface area contributed by atoms with Gasteiger partial charge in [0.25, 0.3) is 11.8 Å². The smallest absolute Gasteiger partial charge is 0.361 e. The summed E-state index contributed by atoms with van der Waals surface area (Å²) >= 11 is 0. The average Bonchev–Trinajstić information content (AvgIpc) is 2.35. The average molecular weight is 187 g/mol. The van der Waals surface area contributed by atoms with Crippen LogP contribution in [0.25, 0.3) is 0 Å². The molecule has 1 aliphatic heterocycles. The second kappa shape index (κ2) is 3.53. The minimum Gasteiger partial charge on any atom is -0.382 e. The van der Waals surface area contributed by atoms with Crippen molar-refractivity contribution >= 4 is 17.8 Å². The van der Waals surface area contributed by atoms with Crippen molar-refractivity contribution in [1.82, 2.24) is 5.06 Å². The summed E-state index contributed by atoms with van der Waals surface area (Å²) < 4.78 is 0. The molecule has 0 unspecified atom stereocenters. The van der Waals surface area contributed by atoms with Gasteiger partial charge in [-0.3, -0.25) is 9.59 Å². The van der Waals surface area contributed by atoms with E-state index in [1.807, 2.05) is 0 Å². The first-order chi connectivity index (χ1) is 6.02. The molecule has 6 heteroatoms. The quantitative estimate of drug-likeness (QED) is 0.559. The number of imide groups is 1. The van der Waals surface area contributed by atoms with E-state index >= 15 is 0 Å². The lowest BCUT2D eigenvalue weighted by Crippen LogP contribution is -2.35. The summed E-state index contributed by atoms with van der Waals surface area (Å²) in [4.78, 5) is 36.9. The van der Waals surface area contributed by atoms with Crippen molar-refractivity contribution in [3.05, 3.63) is 0 Å². The predicted molar refractivity (Wildman–Crippen MR) is 38.9 cm³/mol. The van der Waals surface area contributed by atoms with E-state index in [1.165, 1.54) is 6.92 Å². The van der Waals surface area contributed by atoms with Crippen LogP contribution in [-0.4, -0.2) is 34.1 Å². The molecule has 2 amide bonds. The molecule has 72 valence electrons. The molecule has 13 heavy (non-hydrogen) atoms. The van der Waals surface area contributed by atoms with Crippen LogP contribution in [0, 0.1) is 0 Å². The third kappa shape index (κ3) is 2.03. The molecule has 0 aromatic heterocycles. The molecule has 1 rings (SSSR count). The third-order valence-electron chi connectivity index (χ3n) is 1.53. The normalized spacial score (nSPS) is 19.1. The first kappa shape index (κ1) is 9.66. The van der Waals surface area contributed by atoms with Crippen LogP contribution in [0.3, 0.4) is 0 Å². The highest BCUT2D eigenvalue weighted by Crippen LogP contribution is 2.12. The predicted octanol–water partition coefficient (Wildman–Crippen LogP) is -1.03. The molecule has 1 aliphatic rings. The molecule has 1 fully saturated rings. The van der Waals surface area contributed by atoms with Crippen molar-refractivity contribution in [2.24, 2.45) is 0 Å². The number of hydroxylamine groups is 2. The molecule has 1 saturated heterocycles. The van der Waals surface area contributed by atoms with Crippen LogP contribution in [0.4, 0.5) is 0 Å². The van der Waals surface area contributed by atoms with Crippen molar-refractivity contribution in [3.8, 4) is 0 Å². The van der Waals surface area contributed by atoms with Gasteiger partial charge in [-0.15, -0.1) is 5.06 Å². The number of aliphatic hydroxyl groups is 1. The number of hydrogen-bond acceptors (Lipinski definition) is 5. The number of carbonyl (C=O) groups excluding carboxylic acids is 3. The van der Waals surface area contributed by atoms with Crippen molar-refractivity contribution in [2.45, 2.75) is 25.9 Å². The molecule has 0 aromatic carbocycles. The Morgan fingerprint density at radius 3 is 2.31 bits per heavy atom. The number of rotatable bonds is 2. The van der Waals surface area contributed by atoms with Gasteiger partial charge in [-0.05, 0) is 6.92 Å². The van der Waals surface area contributed by atoms with E-state index in [1.54, 1.807) is 0 Å². The molecule has 0 saturated carbocycles. The van der Waals surface area contributed by atoms with E-state index < -0.39 is 23.9 Å². The Bertz CT molecular complexity index is 244. The van der Waals surface area contributed by atoms with E-state index in [9.17, 15) is 14.4 Å². The summed E-state index contributed by atoms with van der Waals surface area (Å²) in [6.07, 6.45) is -1.25. The van der Waals surface area contributed by atoms with Gasteiger partial charge in [-0.2, -0.15) is 0 Å². The zero-order valence-electron chi connectivity index (χ0n) is 7.02. The van der Waals surface area contributed by atoms with Crippen LogP contribution in [0.2, 0.25) is 0 Å². The van der Waals surface area contributed by atoms with Gasteiger partial charge in [0.2, 0.25) is 0 Å². The largest absolute Gasteiger partial charge is 0.382 e. The third-order valence-corrected chi connectivity index (χ3v) is 1.53. The summed E-state index contributed by atoms with van der Waals surface area (Å²) in [5.74, 6) is -2.12. The van der Waals surface area contributed by atoms with Crippen molar-refractivity contribution < 1.29 is 24.3 Å². The first-order valence-corrected chi connectivity index (χ1v) is 3.78. The Balaban J connectivity index is 2.58. The molecule has 1 atom stereocenters. The molecule has 6 nitrogen and oxygen atoms in total. The monoisotopic (exact) mass is 187 g/mol. The maximum absolute atomic E-state index is 10.9. The van der Waals surface area contributed by atoms with Crippen LogP contribution in [0.1, 0.15) is 19.8 Å². The molecular weight excluding hydrogens is 178 g/mol. The molecule has 1 heterocycles. The van der Waals surface area contributed by atoms with Gasteiger partial charge in [-0.25, -0.2) is 4.79 Å². The molecule has 0 radical (unpaired) electrons. The molecular formula is C7H9NO5. The van der Waals surface area contributed by atoms with Crippen LogP contribution in [0.15, 0.2) is 0 Å². The number of nitrogens with zero attached hydrogens (tertiary/aromatic N) is 1. The van der Waals surface area contributed by atoms with Gasteiger partial charge in [0.15, 0.2) is 6.10 Å². The molecule has 1 N–H and O–H groups in total. The van der Waals surface area contributed by atoms with E-state index in [0.29, 0.717) is 5.06 Å². The Morgan fingerprint density at radius 2 is 1.92 bits per heavy atom. The van der Waals surface area contributed by atoms with Crippen LogP contribution >= 0.6 is 0 Å². The van der Waals surface area contributed by atoms with Gasteiger partial charge in [0.05, 0.1) is 0 Å². The Kier molecular flexibility index (Phi) is 2.62. The lowest BCUT2D eigenvalue weighted by Gasteiger charge is -2.13. The zero-order valence-corrected chi connectivity index (χ0v) is 7.02. The molecule has 0 aliphatic carbocycles. The number of hydrogen-bond donors (Lipinski definition) is 1. The summed E-state index contributed by atoms with van der Waals surface area (Å²) in [6, 6.07) is 0. The lowest BCUT2D eigenvalue weighted by atomic mass is 10.4. The van der Waals surface area contributed by atoms with Crippen molar-refractivity contribution in [3.63, 3.8) is 0 Å². The summed E-state index contributed by atoms with van der Waals surface area (Å²) in [7, 11) is 0. The lowest BCUT2D eigenvalue weighted by molar-refractivity contribution is -0.202. The highest BCUT2D eigenvalue weighted by Gasteiger charge is 2.33. The highest BCUT2D eigenvalue weighted by atomic mass is 16.7. The fourth-order valence-corrected chi connectivity index (χ4v) is 0.824. The minimum absolute atomic E-state index is 0.0475. The number of carbonyl (C=O) groups is 3. The molecule has 0 aromatic rings. The van der Waals surface area contributed by atoms with Crippen LogP contribution < -0.4 is 0 Å². The van der Waals surface area contributed by atoms with Crippen LogP contribution in [0.5, 0.6) is 0 Å².